The molecule has 2 aromatic rings. The van der Waals surface area contributed by atoms with Crippen LogP contribution in [0.25, 0.3) is 0 Å². The van der Waals surface area contributed by atoms with E-state index in [4.69, 9.17) is 28.9 Å². The zero-order valence-electron chi connectivity index (χ0n) is 10.5. The molecule has 2 heterocycles. The summed E-state index contributed by atoms with van der Waals surface area (Å²) in [6.07, 6.45) is 0. The third kappa shape index (κ3) is 2.44. The Balaban J connectivity index is 2.07. The summed E-state index contributed by atoms with van der Waals surface area (Å²) < 4.78 is 1.68. The molecule has 5 nitrogen and oxygen atoms in total. The Morgan fingerprint density at radius 2 is 2.15 bits per heavy atom. The van der Waals surface area contributed by atoms with Crippen LogP contribution in [0.1, 0.15) is 24.4 Å². The zero-order valence-corrected chi connectivity index (χ0v) is 12.9. The first-order chi connectivity index (χ1) is 9.56. The highest BCUT2D eigenvalue weighted by atomic mass is 35.5. The maximum atomic E-state index is 6.23. The number of aromatic nitrogens is 3. The van der Waals surface area contributed by atoms with Gasteiger partial charge >= 0.3 is 0 Å². The minimum Gasteiger partial charge on any atom is -0.321 e. The number of nitrogens with two attached hydrogens (primary N) is 1. The number of nitrogens with zero attached hydrogens (tertiary/aromatic N) is 4. The van der Waals surface area contributed by atoms with E-state index in [0.29, 0.717) is 21.6 Å². The highest BCUT2D eigenvalue weighted by Gasteiger charge is 2.22. The lowest BCUT2D eigenvalue weighted by atomic mass is 10.1. The van der Waals surface area contributed by atoms with Crippen molar-refractivity contribution in [3.8, 4) is 0 Å². The third-order valence-corrected chi connectivity index (χ3v) is 4.32. The molecule has 1 atom stereocenters. The van der Waals surface area contributed by atoms with Crippen LogP contribution in [-0.2, 0) is 0 Å². The van der Waals surface area contributed by atoms with Crippen molar-refractivity contribution in [1.82, 2.24) is 14.9 Å². The molecule has 1 unspecified atom stereocenters. The third-order valence-electron chi connectivity index (χ3n) is 2.84. The SMILES string of the molecule is CC(N)c1nnc2n1N=C(c1ccc(Cl)cc1Cl)CS2. The van der Waals surface area contributed by atoms with Gasteiger partial charge in [0, 0.05) is 16.3 Å². The van der Waals surface area contributed by atoms with Gasteiger partial charge in [0.15, 0.2) is 5.82 Å². The molecule has 0 saturated carbocycles. The molecule has 1 aromatic carbocycles. The Morgan fingerprint density at radius 1 is 1.35 bits per heavy atom. The van der Waals surface area contributed by atoms with Gasteiger partial charge in [-0.05, 0) is 19.1 Å². The quantitative estimate of drug-likeness (QED) is 0.920. The highest BCUT2D eigenvalue weighted by Crippen LogP contribution is 2.29. The van der Waals surface area contributed by atoms with Gasteiger partial charge in [-0.3, -0.25) is 0 Å². The molecular weight excluding hydrogens is 317 g/mol. The van der Waals surface area contributed by atoms with Gasteiger partial charge in [0.1, 0.15) is 0 Å². The Labute approximate surface area is 130 Å². The Bertz CT molecular complexity index is 695. The lowest BCUT2D eigenvalue weighted by molar-refractivity contribution is 0.646. The molecule has 3 rings (SSSR count). The van der Waals surface area contributed by atoms with Crippen LogP contribution in [-0.4, -0.2) is 26.3 Å². The summed E-state index contributed by atoms with van der Waals surface area (Å²) in [5, 5.41) is 14.6. The minimum absolute atomic E-state index is 0.236. The molecule has 1 aliphatic heterocycles. The first-order valence-electron chi connectivity index (χ1n) is 5.93. The van der Waals surface area contributed by atoms with E-state index in [1.165, 1.54) is 0 Å². The second-order valence-corrected chi connectivity index (χ2v) is 6.19. The Morgan fingerprint density at radius 3 is 2.85 bits per heavy atom. The average molecular weight is 328 g/mol. The zero-order chi connectivity index (χ0) is 14.3. The smallest absolute Gasteiger partial charge is 0.212 e. The molecule has 0 spiro atoms. The molecular formula is C12H11Cl2N5S. The summed E-state index contributed by atoms with van der Waals surface area (Å²) in [7, 11) is 0. The maximum Gasteiger partial charge on any atom is 0.212 e. The summed E-state index contributed by atoms with van der Waals surface area (Å²) in [6, 6.07) is 5.13. The molecule has 8 heteroatoms. The van der Waals surface area contributed by atoms with Crippen molar-refractivity contribution < 1.29 is 0 Å². The number of rotatable bonds is 2. The summed E-state index contributed by atoms with van der Waals surface area (Å²) in [5.74, 6) is 1.31. The normalized spacial score (nSPS) is 15.7. The van der Waals surface area contributed by atoms with Gasteiger partial charge < -0.3 is 5.73 Å². The van der Waals surface area contributed by atoms with Gasteiger partial charge in [0.05, 0.1) is 16.8 Å². The van der Waals surface area contributed by atoms with E-state index in [1.807, 2.05) is 13.0 Å². The molecule has 0 amide bonds. The van der Waals surface area contributed by atoms with Crippen molar-refractivity contribution >= 4 is 40.7 Å². The van der Waals surface area contributed by atoms with Crippen molar-refractivity contribution in [2.45, 2.75) is 18.1 Å². The van der Waals surface area contributed by atoms with Gasteiger partial charge in [-0.2, -0.15) is 9.78 Å². The van der Waals surface area contributed by atoms with E-state index in [2.05, 4.69) is 15.3 Å². The van der Waals surface area contributed by atoms with Crippen LogP contribution in [0.3, 0.4) is 0 Å². The Hall–Kier alpha value is -1.08. The first kappa shape index (κ1) is 13.9. The maximum absolute atomic E-state index is 6.23. The molecule has 0 radical (unpaired) electrons. The molecule has 0 bridgehead atoms. The largest absolute Gasteiger partial charge is 0.321 e. The van der Waals surface area contributed by atoms with Crippen LogP contribution < -0.4 is 5.73 Å². The summed E-state index contributed by atoms with van der Waals surface area (Å²) >= 11 is 13.7. The fraction of sp³-hybridized carbons (Fsp3) is 0.250. The molecule has 1 aromatic heterocycles. The fourth-order valence-electron chi connectivity index (χ4n) is 1.88. The summed E-state index contributed by atoms with van der Waals surface area (Å²) in [6.45, 7) is 1.85. The van der Waals surface area contributed by atoms with Crippen LogP contribution in [0.4, 0.5) is 0 Å². The molecule has 20 heavy (non-hydrogen) atoms. The van der Waals surface area contributed by atoms with Crippen LogP contribution in [0.15, 0.2) is 28.5 Å². The predicted molar refractivity (Wildman–Crippen MR) is 81.7 cm³/mol. The van der Waals surface area contributed by atoms with E-state index < -0.39 is 0 Å². The highest BCUT2D eigenvalue weighted by molar-refractivity contribution is 7.99. The number of benzene rings is 1. The van der Waals surface area contributed by atoms with E-state index in [0.717, 1.165) is 16.4 Å². The second kappa shape index (κ2) is 5.37. The summed E-state index contributed by atoms with van der Waals surface area (Å²) in [5.41, 5.74) is 7.58. The predicted octanol–water partition coefficient (Wildman–Crippen LogP) is 2.96. The van der Waals surface area contributed by atoms with Crippen molar-refractivity contribution in [3.63, 3.8) is 0 Å². The topological polar surface area (TPSA) is 69.1 Å². The van der Waals surface area contributed by atoms with E-state index in [9.17, 15) is 0 Å². The summed E-state index contributed by atoms with van der Waals surface area (Å²) in [4.78, 5) is 0. The molecule has 104 valence electrons. The second-order valence-electron chi connectivity index (χ2n) is 4.40. The standard InChI is InChI=1S/C12H11Cl2N5S/c1-6(15)11-16-17-12-19(11)18-10(5-20-12)8-3-2-7(13)4-9(8)14/h2-4,6H,5,15H2,1H3. The van der Waals surface area contributed by atoms with Crippen LogP contribution in [0, 0.1) is 0 Å². The van der Waals surface area contributed by atoms with E-state index >= 15 is 0 Å². The molecule has 0 aliphatic carbocycles. The molecule has 0 fully saturated rings. The lowest BCUT2D eigenvalue weighted by Crippen LogP contribution is -2.18. The number of hydrogen-bond acceptors (Lipinski definition) is 5. The number of thioether (sulfide) groups is 1. The van der Waals surface area contributed by atoms with Gasteiger partial charge in [-0.1, -0.05) is 41.0 Å². The van der Waals surface area contributed by atoms with Crippen molar-refractivity contribution in [3.05, 3.63) is 39.6 Å². The van der Waals surface area contributed by atoms with Gasteiger partial charge in [0.2, 0.25) is 5.16 Å². The van der Waals surface area contributed by atoms with Gasteiger partial charge in [-0.15, -0.1) is 10.2 Å². The number of fused-ring (bicyclic) bond motifs is 1. The van der Waals surface area contributed by atoms with Crippen LogP contribution in [0.5, 0.6) is 0 Å². The first-order valence-corrected chi connectivity index (χ1v) is 7.67. The van der Waals surface area contributed by atoms with Crippen molar-refractivity contribution in [1.29, 1.82) is 0 Å². The van der Waals surface area contributed by atoms with Crippen molar-refractivity contribution in [2.24, 2.45) is 10.8 Å². The van der Waals surface area contributed by atoms with Crippen molar-refractivity contribution in [2.75, 3.05) is 5.75 Å². The average Bonchev–Trinajstić information content (AvgIpc) is 2.81. The van der Waals surface area contributed by atoms with E-state index in [1.54, 1.807) is 28.6 Å². The monoisotopic (exact) mass is 327 g/mol. The van der Waals surface area contributed by atoms with Crippen LogP contribution >= 0.6 is 35.0 Å². The Kier molecular flexibility index (Phi) is 3.72. The van der Waals surface area contributed by atoms with Gasteiger partial charge in [0.25, 0.3) is 0 Å². The fourth-order valence-corrected chi connectivity index (χ4v) is 3.23. The minimum atomic E-state index is -0.236. The molecule has 0 saturated heterocycles. The van der Waals surface area contributed by atoms with E-state index in [-0.39, 0.29) is 6.04 Å². The van der Waals surface area contributed by atoms with Gasteiger partial charge in [-0.25, -0.2) is 0 Å². The molecule has 2 N–H and O–H groups in total. The lowest BCUT2D eigenvalue weighted by Gasteiger charge is -2.15. The molecule has 1 aliphatic rings. The number of halogens is 2. The van der Waals surface area contributed by atoms with Crippen LogP contribution in [0.2, 0.25) is 10.0 Å². The number of hydrogen-bond donors (Lipinski definition) is 1.